The first-order valence-corrected chi connectivity index (χ1v) is 8.74. The third-order valence-electron chi connectivity index (χ3n) is 4.68. The standard InChI is InChI=1S/C21H22N4/c1-24(15-17-8-3-2-4-9-17)20-14-21(23-16-22-20)25-13-7-11-18-10-5-6-12-19(18)25/h2-6,8-10,12,14,16H,7,11,13,15H2,1H3. The van der Waals surface area contributed by atoms with E-state index in [1.54, 1.807) is 6.33 Å². The molecule has 4 nitrogen and oxygen atoms in total. The summed E-state index contributed by atoms with van der Waals surface area (Å²) in [6.45, 7) is 1.82. The number of rotatable bonds is 4. The van der Waals surface area contributed by atoms with E-state index in [0.29, 0.717) is 0 Å². The Labute approximate surface area is 148 Å². The summed E-state index contributed by atoms with van der Waals surface area (Å²) in [7, 11) is 2.07. The van der Waals surface area contributed by atoms with Crippen molar-refractivity contribution < 1.29 is 0 Å². The summed E-state index contributed by atoms with van der Waals surface area (Å²) in [5, 5.41) is 0. The molecule has 0 unspecified atom stereocenters. The number of aryl methyl sites for hydroxylation is 1. The van der Waals surface area contributed by atoms with E-state index in [2.05, 4.69) is 81.4 Å². The number of fused-ring (bicyclic) bond motifs is 1. The van der Waals surface area contributed by atoms with Crippen LogP contribution in [0.15, 0.2) is 67.0 Å². The van der Waals surface area contributed by atoms with Crippen LogP contribution in [0.3, 0.4) is 0 Å². The Morgan fingerprint density at radius 3 is 2.68 bits per heavy atom. The Kier molecular flexibility index (Phi) is 4.34. The Bertz CT molecular complexity index is 847. The highest BCUT2D eigenvalue weighted by Crippen LogP contribution is 2.33. The monoisotopic (exact) mass is 330 g/mol. The highest BCUT2D eigenvalue weighted by molar-refractivity contribution is 5.67. The average Bonchev–Trinajstić information content (AvgIpc) is 2.68. The van der Waals surface area contributed by atoms with Gasteiger partial charge in [0.05, 0.1) is 0 Å². The lowest BCUT2D eigenvalue weighted by atomic mass is 10.0. The number of hydrogen-bond donors (Lipinski definition) is 0. The third kappa shape index (κ3) is 3.33. The first kappa shape index (κ1) is 15.6. The molecule has 1 aromatic heterocycles. The van der Waals surface area contributed by atoms with Gasteiger partial charge in [-0.05, 0) is 30.0 Å². The molecule has 0 amide bonds. The lowest BCUT2D eigenvalue weighted by Crippen LogP contribution is -2.26. The predicted octanol–water partition coefficient (Wildman–Crippen LogP) is 4.20. The topological polar surface area (TPSA) is 32.3 Å². The first-order chi connectivity index (χ1) is 12.3. The fraction of sp³-hybridized carbons (Fsp3) is 0.238. The van der Waals surface area contributed by atoms with Crippen LogP contribution in [-0.2, 0) is 13.0 Å². The molecule has 2 aromatic carbocycles. The van der Waals surface area contributed by atoms with Gasteiger partial charge in [-0.25, -0.2) is 9.97 Å². The molecule has 0 fully saturated rings. The van der Waals surface area contributed by atoms with Gasteiger partial charge in [-0.3, -0.25) is 0 Å². The second kappa shape index (κ2) is 6.93. The van der Waals surface area contributed by atoms with Gasteiger partial charge in [0, 0.05) is 31.9 Å². The second-order valence-electron chi connectivity index (χ2n) is 6.46. The van der Waals surface area contributed by atoms with Crippen LogP contribution in [0.25, 0.3) is 0 Å². The summed E-state index contributed by atoms with van der Waals surface area (Å²) >= 11 is 0. The molecule has 0 bridgehead atoms. The molecule has 2 heterocycles. The van der Waals surface area contributed by atoms with Gasteiger partial charge in [-0.1, -0.05) is 48.5 Å². The summed E-state index contributed by atoms with van der Waals surface area (Å²) in [5.41, 5.74) is 3.93. The molecule has 0 saturated heterocycles. The maximum absolute atomic E-state index is 4.54. The maximum atomic E-state index is 4.54. The molecule has 1 aliphatic rings. The molecular formula is C21H22N4. The number of nitrogens with zero attached hydrogens (tertiary/aromatic N) is 4. The van der Waals surface area contributed by atoms with E-state index in [4.69, 9.17) is 0 Å². The van der Waals surface area contributed by atoms with Crippen molar-refractivity contribution in [2.45, 2.75) is 19.4 Å². The van der Waals surface area contributed by atoms with Crippen LogP contribution in [-0.4, -0.2) is 23.6 Å². The van der Waals surface area contributed by atoms with Crippen LogP contribution in [0.4, 0.5) is 17.3 Å². The van der Waals surface area contributed by atoms with Crippen molar-refractivity contribution in [3.63, 3.8) is 0 Å². The van der Waals surface area contributed by atoms with Gasteiger partial charge < -0.3 is 9.80 Å². The lowest BCUT2D eigenvalue weighted by molar-refractivity contribution is 0.757. The summed E-state index contributed by atoms with van der Waals surface area (Å²) in [4.78, 5) is 13.5. The molecule has 0 spiro atoms. The molecule has 0 saturated carbocycles. The molecule has 0 aliphatic carbocycles. The molecule has 0 atom stereocenters. The third-order valence-corrected chi connectivity index (χ3v) is 4.68. The molecular weight excluding hydrogens is 308 g/mol. The van der Waals surface area contributed by atoms with Crippen molar-refractivity contribution in [1.29, 1.82) is 0 Å². The molecule has 0 radical (unpaired) electrons. The lowest BCUT2D eigenvalue weighted by Gasteiger charge is -2.31. The zero-order valence-electron chi connectivity index (χ0n) is 14.5. The summed E-state index contributed by atoms with van der Waals surface area (Å²) < 4.78 is 0. The number of para-hydroxylation sites is 1. The molecule has 3 aromatic rings. The van der Waals surface area contributed by atoms with Crippen LogP contribution < -0.4 is 9.80 Å². The van der Waals surface area contributed by atoms with Crippen molar-refractivity contribution in [2.24, 2.45) is 0 Å². The molecule has 4 heteroatoms. The number of benzene rings is 2. The number of anilines is 3. The van der Waals surface area contributed by atoms with Gasteiger partial charge in [0.15, 0.2) is 0 Å². The van der Waals surface area contributed by atoms with E-state index in [9.17, 15) is 0 Å². The van der Waals surface area contributed by atoms with E-state index < -0.39 is 0 Å². The summed E-state index contributed by atoms with van der Waals surface area (Å²) in [6.07, 6.45) is 3.96. The van der Waals surface area contributed by atoms with Gasteiger partial charge >= 0.3 is 0 Å². The highest BCUT2D eigenvalue weighted by atomic mass is 15.2. The zero-order valence-corrected chi connectivity index (χ0v) is 14.5. The normalized spacial score (nSPS) is 13.4. The van der Waals surface area contributed by atoms with Crippen LogP contribution in [0, 0.1) is 0 Å². The molecule has 4 rings (SSSR count). The molecule has 25 heavy (non-hydrogen) atoms. The van der Waals surface area contributed by atoms with Crippen LogP contribution in [0.2, 0.25) is 0 Å². The van der Waals surface area contributed by atoms with Gasteiger partial charge in [0.25, 0.3) is 0 Å². The van der Waals surface area contributed by atoms with Crippen LogP contribution >= 0.6 is 0 Å². The van der Waals surface area contributed by atoms with Crippen LogP contribution in [0.5, 0.6) is 0 Å². The van der Waals surface area contributed by atoms with E-state index in [0.717, 1.165) is 37.6 Å². The predicted molar refractivity (Wildman–Crippen MR) is 102 cm³/mol. The van der Waals surface area contributed by atoms with E-state index in [1.807, 2.05) is 6.07 Å². The van der Waals surface area contributed by atoms with E-state index in [1.165, 1.54) is 16.8 Å². The molecule has 1 aliphatic heterocycles. The van der Waals surface area contributed by atoms with Crippen molar-refractivity contribution in [1.82, 2.24) is 9.97 Å². The Balaban J connectivity index is 1.60. The zero-order chi connectivity index (χ0) is 17.1. The van der Waals surface area contributed by atoms with Crippen molar-refractivity contribution in [3.05, 3.63) is 78.1 Å². The quantitative estimate of drug-likeness (QED) is 0.718. The van der Waals surface area contributed by atoms with E-state index >= 15 is 0 Å². The molecule has 0 N–H and O–H groups in total. The maximum Gasteiger partial charge on any atom is 0.138 e. The number of hydrogen-bond acceptors (Lipinski definition) is 4. The van der Waals surface area contributed by atoms with E-state index in [-0.39, 0.29) is 0 Å². The fourth-order valence-corrected chi connectivity index (χ4v) is 3.40. The van der Waals surface area contributed by atoms with Crippen molar-refractivity contribution >= 4 is 17.3 Å². The minimum Gasteiger partial charge on any atom is -0.355 e. The van der Waals surface area contributed by atoms with Gasteiger partial charge in [0.2, 0.25) is 0 Å². The Morgan fingerprint density at radius 2 is 1.80 bits per heavy atom. The summed E-state index contributed by atoms with van der Waals surface area (Å²) in [5.74, 6) is 1.91. The largest absolute Gasteiger partial charge is 0.355 e. The fourth-order valence-electron chi connectivity index (χ4n) is 3.40. The molecule has 126 valence electrons. The average molecular weight is 330 g/mol. The van der Waals surface area contributed by atoms with Gasteiger partial charge in [-0.2, -0.15) is 0 Å². The smallest absolute Gasteiger partial charge is 0.138 e. The summed E-state index contributed by atoms with van der Waals surface area (Å²) in [6, 6.07) is 21.2. The SMILES string of the molecule is CN(Cc1ccccc1)c1cc(N2CCCc3ccccc32)ncn1. The van der Waals surface area contributed by atoms with Gasteiger partial charge in [0.1, 0.15) is 18.0 Å². The minimum atomic E-state index is 0.827. The minimum absolute atomic E-state index is 0.827. The second-order valence-corrected chi connectivity index (χ2v) is 6.46. The van der Waals surface area contributed by atoms with Gasteiger partial charge in [-0.15, -0.1) is 0 Å². The van der Waals surface area contributed by atoms with Crippen LogP contribution in [0.1, 0.15) is 17.5 Å². The number of aromatic nitrogens is 2. The first-order valence-electron chi connectivity index (χ1n) is 8.74. The Morgan fingerprint density at radius 1 is 1.00 bits per heavy atom. The Hall–Kier alpha value is -2.88. The van der Waals surface area contributed by atoms with Crippen molar-refractivity contribution in [2.75, 3.05) is 23.4 Å². The van der Waals surface area contributed by atoms with Crippen molar-refractivity contribution in [3.8, 4) is 0 Å². The highest BCUT2D eigenvalue weighted by Gasteiger charge is 2.19.